The monoisotopic (exact) mass is 245 g/mol. The minimum atomic E-state index is -0.380. The predicted molar refractivity (Wildman–Crippen MR) is 68.7 cm³/mol. The van der Waals surface area contributed by atoms with Gasteiger partial charge >= 0.3 is 0 Å². The molecule has 3 N–H and O–H groups in total. The number of H-pyrrole nitrogens is 1. The highest BCUT2D eigenvalue weighted by Gasteiger charge is 2.12. The fourth-order valence-electron chi connectivity index (χ4n) is 1.55. The number of para-hydroxylation sites is 1. The van der Waals surface area contributed by atoms with E-state index in [1.54, 1.807) is 24.3 Å². The Balaban J connectivity index is 2.14. The van der Waals surface area contributed by atoms with Gasteiger partial charge < -0.3 is 10.4 Å². The number of nitrogens with zero attached hydrogens (tertiary/aromatic N) is 1. The van der Waals surface area contributed by atoms with Crippen LogP contribution >= 0.6 is 0 Å². The van der Waals surface area contributed by atoms with E-state index < -0.39 is 0 Å². The van der Waals surface area contributed by atoms with Crippen molar-refractivity contribution in [2.75, 3.05) is 5.32 Å². The second kappa shape index (κ2) is 4.91. The van der Waals surface area contributed by atoms with Crippen molar-refractivity contribution in [2.24, 2.45) is 0 Å². The fraction of sp³-hybridized carbons (Fsp3) is 0.231. The molecule has 0 aliphatic carbocycles. The van der Waals surface area contributed by atoms with Gasteiger partial charge in [0.25, 0.3) is 5.91 Å². The number of aromatic nitrogens is 2. The van der Waals surface area contributed by atoms with Crippen molar-refractivity contribution in [3.8, 4) is 5.75 Å². The van der Waals surface area contributed by atoms with Gasteiger partial charge in [0, 0.05) is 11.8 Å². The number of amides is 1. The number of aromatic hydroxyl groups is 1. The molecule has 0 aliphatic heterocycles. The van der Waals surface area contributed by atoms with Gasteiger partial charge in [-0.05, 0) is 18.1 Å². The van der Waals surface area contributed by atoms with Crippen molar-refractivity contribution in [2.45, 2.75) is 19.8 Å². The Morgan fingerprint density at radius 1 is 1.39 bits per heavy atom. The summed E-state index contributed by atoms with van der Waals surface area (Å²) in [6, 6.07) is 8.17. The Bertz CT molecular complexity index is 561. The highest BCUT2D eigenvalue weighted by Crippen LogP contribution is 2.19. The van der Waals surface area contributed by atoms with Crippen LogP contribution in [0.4, 0.5) is 5.82 Å². The Kier molecular flexibility index (Phi) is 3.32. The van der Waals surface area contributed by atoms with Gasteiger partial charge in [-0.2, -0.15) is 5.10 Å². The molecule has 1 heterocycles. The molecule has 0 radical (unpaired) electrons. The topological polar surface area (TPSA) is 78.0 Å². The SMILES string of the molecule is CC(C)c1cc(NC(=O)c2ccccc2O)n[nH]1. The maximum Gasteiger partial charge on any atom is 0.260 e. The number of anilines is 1. The maximum absolute atomic E-state index is 11.9. The lowest BCUT2D eigenvalue weighted by molar-refractivity contribution is 0.102. The summed E-state index contributed by atoms with van der Waals surface area (Å²) < 4.78 is 0. The first-order chi connectivity index (χ1) is 8.58. The number of carbonyl (C=O) groups excluding carboxylic acids is 1. The third-order valence-electron chi connectivity index (χ3n) is 2.61. The maximum atomic E-state index is 11.9. The smallest absolute Gasteiger partial charge is 0.260 e. The number of benzene rings is 1. The molecule has 0 fully saturated rings. The van der Waals surface area contributed by atoms with Crippen LogP contribution in [0.3, 0.4) is 0 Å². The van der Waals surface area contributed by atoms with Gasteiger partial charge in [0.15, 0.2) is 5.82 Å². The van der Waals surface area contributed by atoms with E-state index in [1.807, 2.05) is 13.8 Å². The Hall–Kier alpha value is -2.30. The third kappa shape index (κ3) is 2.51. The second-order valence-electron chi connectivity index (χ2n) is 4.33. The average molecular weight is 245 g/mol. The van der Waals surface area contributed by atoms with Gasteiger partial charge in [-0.1, -0.05) is 26.0 Å². The summed E-state index contributed by atoms with van der Waals surface area (Å²) >= 11 is 0. The summed E-state index contributed by atoms with van der Waals surface area (Å²) in [5, 5.41) is 19.0. The molecule has 0 atom stereocenters. The van der Waals surface area contributed by atoms with Gasteiger partial charge in [0.1, 0.15) is 5.75 Å². The molecule has 5 nitrogen and oxygen atoms in total. The minimum absolute atomic E-state index is 0.0466. The van der Waals surface area contributed by atoms with E-state index in [0.717, 1.165) is 5.69 Å². The molecule has 1 amide bonds. The third-order valence-corrected chi connectivity index (χ3v) is 2.61. The highest BCUT2D eigenvalue weighted by molar-refractivity contribution is 6.05. The number of aromatic amines is 1. The van der Waals surface area contributed by atoms with Crippen LogP contribution in [0.5, 0.6) is 5.75 Å². The van der Waals surface area contributed by atoms with Crippen LogP contribution in [0, 0.1) is 0 Å². The summed E-state index contributed by atoms with van der Waals surface area (Å²) in [6.07, 6.45) is 0. The van der Waals surface area contributed by atoms with E-state index >= 15 is 0 Å². The molecule has 1 aromatic carbocycles. The summed E-state index contributed by atoms with van der Waals surface area (Å²) in [5.74, 6) is 0.338. The molecule has 2 rings (SSSR count). The van der Waals surface area contributed by atoms with Gasteiger partial charge in [0.2, 0.25) is 0 Å². The predicted octanol–water partition coefficient (Wildman–Crippen LogP) is 2.49. The molecule has 5 heteroatoms. The van der Waals surface area contributed by atoms with Gasteiger partial charge in [-0.15, -0.1) is 0 Å². The van der Waals surface area contributed by atoms with Crippen molar-refractivity contribution in [1.82, 2.24) is 10.2 Å². The molecule has 94 valence electrons. The lowest BCUT2D eigenvalue weighted by Crippen LogP contribution is -2.12. The number of hydrogen-bond acceptors (Lipinski definition) is 3. The number of carbonyl (C=O) groups is 1. The van der Waals surface area contributed by atoms with Crippen LogP contribution in [0.25, 0.3) is 0 Å². The number of nitrogens with one attached hydrogen (secondary N) is 2. The van der Waals surface area contributed by atoms with Gasteiger partial charge in [0.05, 0.1) is 5.56 Å². The van der Waals surface area contributed by atoms with Crippen molar-refractivity contribution in [3.63, 3.8) is 0 Å². The van der Waals surface area contributed by atoms with Crippen LogP contribution < -0.4 is 5.32 Å². The molecule has 0 bridgehead atoms. The standard InChI is InChI=1S/C13H15N3O2/c1-8(2)10-7-12(16-15-10)14-13(18)9-5-3-4-6-11(9)17/h3-8,17H,1-2H3,(H2,14,15,16,18). The highest BCUT2D eigenvalue weighted by atomic mass is 16.3. The average Bonchev–Trinajstić information content (AvgIpc) is 2.78. The molecule has 18 heavy (non-hydrogen) atoms. The van der Waals surface area contributed by atoms with E-state index in [9.17, 15) is 9.90 Å². The first-order valence-corrected chi connectivity index (χ1v) is 5.72. The van der Waals surface area contributed by atoms with E-state index in [2.05, 4.69) is 15.5 Å². The number of hydrogen-bond donors (Lipinski definition) is 3. The van der Waals surface area contributed by atoms with Gasteiger partial charge in [-0.25, -0.2) is 0 Å². The largest absolute Gasteiger partial charge is 0.507 e. The summed E-state index contributed by atoms with van der Waals surface area (Å²) in [6.45, 7) is 4.06. The van der Waals surface area contributed by atoms with E-state index in [-0.39, 0.29) is 17.2 Å². The lowest BCUT2D eigenvalue weighted by atomic mass is 10.1. The van der Waals surface area contributed by atoms with Crippen LogP contribution in [-0.2, 0) is 0 Å². The minimum Gasteiger partial charge on any atom is -0.507 e. The summed E-state index contributed by atoms with van der Waals surface area (Å²) in [7, 11) is 0. The number of rotatable bonds is 3. The number of phenolic OH excluding ortho intramolecular Hbond substituents is 1. The van der Waals surface area contributed by atoms with Gasteiger partial charge in [-0.3, -0.25) is 9.89 Å². The molecule has 1 aromatic heterocycles. The zero-order valence-corrected chi connectivity index (χ0v) is 10.3. The lowest BCUT2D eigenvalue weighted by Gasteiger charge is -2.03. The van der Waals surface area contributed by atoms with Crippen molar-refractivity contribution >= 4 is 11.7 Å². The number of phenols is 1. The molecular formula is C13H15N3O2. The zero-order chi connectivity index (χ0) is 13.1. The molecule has 2 aromatic rings. The van der Waals surface area contributed by atoms with E-state index in [4.69, 9.17) is 0 Å². The van der Waals surface area contributed by atoms with Crippen LogP contribution in [0.15, 0.2) is 30.3 Å². The normalized spacial score (nSPS) is 10.6. The first-order valence-electron chi connectivity index (χ1n) is 5.72. The van der Waals surface area contributed by atoms with Crippen LogP contribution in [0.2, 0.25) is 0 Å². The van der Waals surface area contributed by atoms with Crippen molar-refractivity contribution < 1.29 is 9.90 Å². The van der Waals surface area contributed by atoms with Crippen LogP contribution in [0.1, 0.15) is 35.8 Å². The van der Waals surface area contributed by atoms with E-state index in [0.29, 0.717) is 11.7 Å². The summed E-state index contributed by atoms with van der Waals surface area (Å²) in [5.41, 5.74) is 1.18. The fourth-order valence-corrected chi connectivity index (χ4v) is 1.55. The molecule has 0 saturated heterocycles. The van der Waals surface area contributed by atoms with E-state index in [1.165, 1.54) is 6.07 Å². The summed E-state index contributed by atoms with van der Waals surface area (Å²) in [4.78, 5) is 11.9. The Morgan fingerprint density at radius 3 is 2.72 bits per heavy atom. The van der Waals surface area contributed by atoms with Crippen molar-refractivity contribution in [3.05, 3.63) is 41.6 Å². The molecule has 0 aliphatic rings. The van der Waals surface area contributed by atoms with Crippen molar-refractivity contribution in [1.29, 1.82) is 0 Å². The first kappa shape index (κ1) is 12.2. The quantitative estimate of drug-likeness (QED) is 0.777. The Labute approximate surface area is 105 Å². The second-order valence-corrected chi connectivity index (χ2v) is 4.33. The zero-order valence-electron chi connectivity index (χ0n) is 10.3. The van der Waals surface area contributed by atoms with Crippen LogP contribution in [-0.4, -0.2) is 21.2 Å². The molecule has 0 unspecified atom stereocenters. The Morgan fingerprint density at radius 2 is 2.11 bits per heavy atom. The molecule has 0 saturated carbocycles. The molecular weight excluding hydrogens is 230 g/mol. The molecule has 0 spiro atoms.